The number of hydrogen-bond acceptors (Lipinski definition) is 4. The summed E-state index contributed by atoms with van der Waals surface area (Å²) < 4.78 is 13.6. The maximum Gasteiger partial charge on any atom is 0.335 e. The minimum absolute atomic E-state index is 0.0937. The van der Waals surface area contributed by atoms with Crippen LogP contribution in [0.3, 0.4) is 0 Å². The van der Waals surface area contributed by atoms with Crippen LogP contribution in [-0.4, -0.2) is 40.4 Å². The summed E-state index contributed by atoms with van der Waals surface area (Å²) in [6.45, 7) is 5.68. The number of aromatic carboxylic acids is 2. The number of fused-ring (bicyclic) bond motifs is 3. The number of aryl methyl sites for hydroxylation is 3. The van der Waals surface area contributed by atoms with E-state index in [-0.39, 0.29) is 16.9 Å². The predicted molar refractivity (Wildman–Crippen MR) is 144 cm³/mol. The lowest BCUT2D eigenvalue weighted by atomic mass is 10.0. The van der Waals surface area contributed by atoms with Crippen molar-refractivity contribution in [3.05, 3.63) is 70.8 Å². The molecule has 0 aliphatic heterocycles. The van der Waals surface area contributed by atoms with E-state index >= 15 is 0 Å². The standard InChI is InChI=1S/C30H33NO6/c1-19-9-10-20(2)28-27(19)25-18-23(36-3)11-12-26(25)31(28)13-7-5-4-6-8-14-37-24-16-21(29(32)33)15-22(17-24)30(34)35/h9-12,15-18H,4-8,13-14H2,1-3H3,(H,32,33)(H,34,35). The Balaban J connectivity index is 1.32. The molecule has 0 saturated carbocycles. The molecule has 0 spiro atoms. The fourth-order valence-corrected chi connectivity index (χ4v) is 4.94. The molecule has 7 nitrogen and oxygen atoms in total. The first-order valence-corrected chi connectivity index (χ1v) is 12.6. The minimum atomic E-state index is -1.18. The van der Waals surface area contributed by atoms with E-state index < -0.39 is 11.9 Å². The van der Waals surface area contributed by atoms with Crippen LogP contribution in [0.25, 0.3) is 21.8 Å². The van der Waals surface area contributed by atoms with Crippen LogP contribution in [0, 0.1) is 13.8 Å². The summed E-state index contributed by atoms with van der Waals surface area (Å²) >= 11 is 0. The zero-order valence-corrected chi connectivity index (χ0v) is 21.5. The minimum Gasteiger partial charge on any atom is -0.497 e. The Hall–Kier alpha value is -4.00. The van der Waals surface area contributed by atoms with E-state index in [0.717, 1.165) is 50.5 Å². The molecule has 0 atom stereocenters. The summed E-state index contributed by atoms with van der Waals surface area (Å²) in [5.74, 6) is -1.23. The Morgan fingerprint density at radius 2 is 1.43 bits per heavy atom. The SMILES string of the molecule is COc1ccc2c(c1)c1c(C)ccc(C)c1n2CCCCCCCOc1cc(C(=O)O)cc(C(=O)O)c1. The maximum absolute atomic E-state index is 11.2. The van der Waals surface area contributed by atoms with Crippen molar-refractivity contribution < 1.29 is 29.3 Å². The van der Waals surface area contributed by atoms with Crippen LogP contribution in [-0.2, 0) is 6.54 Å². The highest BCUT2D eigenvalue weighted by Crippen LogP contribution is 2.35. The third-order valence-corrected chi connectivity index (χ3v) is 6.82. The first-order chi connectivity index (χ1) is 17.8. The van der Waals surface area contributed by atoms with Crippen molar-refractivity contribution in [2.45, 2.75) is 52.5 Å². The van der Waals surface area contributed by atoms with Crippen molar-refractivity contribution in [1.29, 1.82) is 0 Å². The van der Waals surface area contributed by atoms with Crippen LogP contribution in [0.5, 0.6) is 11.5 Å². The van der Waals surface area contributed by atoms with Gasteiger partial charge in [0, 0.05) is 22.8 Å². The molecule has 0 aliphatic rings. The number of carboxylic acid groups (broad SMARTS) is 2. The van der Waals surface area contributed by atoms with Crippen LogP contribution in [0.4, 0.5) is 0 Å². The lowest BCUT2D eigenvalue weighted by Gasteiger charge is -2.11. The van der Waals surface area contributed by atoms with Gasteiger partial charge in [-0.3, -0.25) is 0 Å². The summed E-state index contributed by atoms with van der Waals surface area (Å²) in [5, 5.41) is 20.9. The van der Waals surface area contributed by atoms with E-state index in [0.29, 0.717) is 6.61 Å². The number of ether oxygens (including phenoxy) is 2. The van der Waals surface area contributed by atoms with Gasteiger partial charge in [-0.05, 0) is 74.2 Å². The van der Waals surface area contributed by atoms with Gasteiger partial charge in [0.1, 0.15) is 11.5 Å². The van der Waals surface area contributed by atoms with Gasteiger partial charge in [0.15, 0.2) is 0 Å². The summed E-state index contributed by atoms with van der Waals surface area (Å²) in [6.07, 6.45) is 4.99. The molecular formula is C30H33NO6. The normalized spacial score (nSPS) is 11.2. The first-order valence-electron chi connectivity index (χ1n) is 12.6. The van der Waals surface area contributed by atoms with Crippen LogP contribution in [0.2, 0.25) is 0 Å². The lowest BCUT2D eigenvalue weighted by Crippen LogP contribution is -2.05. The molecule has 0 fully saturated rings. The average molecular weight is 504 g/mol. The number of nitrogens with zero attached hydrogens (tertiary/aromatic N) is 1. The van der Waals surface area contributed by atoms with Crippen LogP contribution in [0.1, 0.15) is 63.9 Å². The molecule has 2 N–H and O–H groups in total. The lowest BCUT2D eigenvalue weighted by molar-refractivity contribution is 0.0696. The number of rotatable bonds is 12. The Labute approximate surface area is 216 Å². The van der Waals surface area contributed by atoms with Crippen molar-refractivity contribution in [1.82, 2.24) is 4.57 Å². The topological polar surface area (TPSA) is 98.0 Å². The second-order valence-electron chi connectivity index (χ2n) is 9.43. The Morgan fingerprint density at radius 3 is 2.11 bits per heavy atom. The first kappa shape index (κ1) is 26.1. The predicted octanol–water partition coefficient (Wildman–Crippen LogP) is 6.85. The smallest absolute Gasteiger partial charge is 0.335 e. The van der Waals surface area contributed by atoms with E-state index in [1.54, 1.807) is 7.11 Å². The van der Waals surface area contributed by atoms with E-state index in [9.17, 15) is 19.8 Å². The van der Waals surface area contributed by atoms with E-state index in [4.69, 9.17) is 9.47 Å². The zero-order valence-electron chi connectivity index (χ0n) is 21.5. The fourth-order valence-electron chi connectivity index (χ4n) is 4.94. The van der Waals surface area contributed by atoms with Crippen LogP contribution < -0.4 is 9.47 Å². The Bertz CT molecular complexity index is 1420. The highest BCUT2D eigenvalue weighted by atomic mass is 16.5. The molecule has 0 bridgehead atoms. The molecule has 0 unspecified atom stereocenters. The molecule has 37 heavy (non-hydrogen) atoms. The van der Waals surface area contributed by atoms with Gasteiger partial charge in [-0.1, -0.05) is 31.4 Å². The molecule has 0 saturated heterocycles. The zero-order chi connectivity index (χ0) is 26.5. The van der Waals surface area contributed by atoms with Crippen LogP contribution >= 0.6 is 0 Å². The van der Waals surface area contributed by atoms with Crippen molar-refractivity contribution >= 4 is 33.7 Å². The molecule has 1 heterocycles. The molecule has 0 radical (unpaired) electrons. The van der Waals surface area contributed by atoms with E-state index in [1.165, 1.54) is 45.1 Å². The van der Waals surface area contributed by atoms with E-state index in [2.05, 4.69) is 42.7 Å². The average Bonchev–Trinajstić information content (AvgIpc) is 3.22. The van der Waals surface area contributed by atoms with Gasteiger partial charge in [0.25, 0.3) is 0 Å². The summed E-state index contributed by atoms with van der Waals surface area (Å²) in [5.41, 5.74) is 4.87. The van der Waals surface area contributed by atoms with E-state index in [1.807, 2.05) is 6.07 Å². The monoisotopic (exact) mass is 503 g/mol. The number of carbonyl (C=O) groups is 2. The third-order valence-electron chi connectivity index (χ3n) is 6.82. The van der Waals surface area contributed by atoms with Gasteiger partial charge in [0.2, 0.25) is 0 Å². The molecule has 3 aromatic carbocycles. The second-order valence-corrected chi connectivity index (χ2v) is 9.43. The van der Waals surface area contributed by atoms with Gasteiger partial charge in [-0.2, -0.15) is 0 Å². The molecule has 4 aromatic rings. The quantitative estimate of drug-likeness (QED) is 0.205. The van der Waals surface area contributed by atoms with Gasteiger partial charge < -0.3 is 24.3 Å². The molecule has 4 rings (SSSR count). The summed E-state index contributed by atoms with van der Waals surface area (Å²) in [7, 11) is 1.70. The highest BCUT2D eigenvalue weighted by molar-refractivity contribution is 6.11. The highest BCUT2D eigenvalue weighted by Gasteiger charge is 2.15. The molecule has 0 aliphatic carbocycles. The Kier molecular flexibility index (Phi) is 8.01. The molecule has 194 valence electrons. The largest absolute Gasteiger partial charge is 0.497 e. The third kappa shape index (κ3) is 5.71. The maximum atomic E-state index is 11.2. The number of benzene rings is 3. The number of aromatic nitrogens is 1. The summed E-state index contributed by atoms with van der Waals surface area (Å²) in [4.78, 5) is 22.5. The Morgan fingerprint density at radius 1 is 0.784 bits per heavy atom. The van der Waals surface area contributed by atoms with Crippen LogP contribution in [0.15, 0.2) is 48.5 Å². The number of unbranched alkanes of at least 4 members (excludes halogenated alkanes) is 4. The number of hydrogen-bond donors (Lipinski definition) is 2. The number of methoxy groups -OCH3 is 1. The van der Waals surface area contributed by atoms with Gasteiger partial charge >= 0.3 is 11.9 Å². The van der Waals surface area contributed by atoms with Gasteiger partial charge in [-0.25, -0.2) is 9.59 Å². The van der Waals surface area contributed by atoms with Gasteiger partial charge in [0.05, 0.1) is 30.4 Å². The van der Waals surface area contributed by atoms with Gasteiger partial charge in [-0.15, -0.1) is 0 Å². The molecule has 0 amide bonds. The van der Waals surface area contributed by atoms with Crippen molar-refractivity contribution in [2.24, 2.45) is 0 Å². The van der Waals surface area contributed by atoms with Crippen molar-refractivity contribution in [3.63, 3.8) is 0 Å². The number of carboxylic acids is 2. The molecule has 1 aromatic heterocycles. The molecular weight excluding hydrogens is 470 g/mol. The van der Waals surface area contributed by atoms with Crippen molar-refractivity contribution in [2.75, 3.05) is 13.7 Å². The molecule has 7 heteroatoms. The fraction of sp³-hybridized carbons (Fsp3) is 0.333. The summed E-state index contributed by atoms with van der Waals surface area (Å²) in [6, 6.07) is 14.5. The van der Waals surface area contributed by atoms with Crippen molar-refractivity contribution in [3.8, 4) is 11.5 Å². The second kappa shape index (κ2) is 11.4.